The summed E-state index contributed by atoms with van der Waals surface area (Å²) in [5, 5.41) is 8.87. The van der Waals surface area contributed by atoms with Gasteiger partial charge in [-0.2, -0.15) is 0 Å². The van der Waals surface area contributed by atoms with Gasteiger partial charge in [0.1, 0.15) is 36.3 Å². The Hall–Kier alpha value is -2.30. The van der Waals surface area contributed by atoms with Gasteiger partial charge in [0.15, 0.2) is 0 Å². The molecule has 0 amide bonds. The fourth-order valence-corrected chi connectivity index (χ4v) is 6.57. The molecule has 3 aliphatic rings. The molecule has 240 valence electrons. The molecule has 43 heavy (non-hydrogen) atoms. The van der Waals surface area contributed by atoms with E-state index in [2.05, 4.69) is 42.4 Å². The predicted octanol–water partition coefficient (Wildman–Crippen LogP) is 5.82. The lowest BCUT2D eigenvalue weighted by Crippen LogP contribution is -2.38. The number of hydrogen-bond donors (Lipinski definition) is 1. The number of hydrogen-bond acceptors (Lipinski definition) is 7. The molecule has 9 heteroatoms. The van der Waals surface area contributed by atoms with Crippen molar-refractivity contribution in [3.05, 3.63) is 59.2 Å². The molecule has 0 bridgehead atoms. The molecule has 3 saturated heterocycles. The summed E-state index contributed by atoms with van der Waals surface area (Å²) in [6.45, 7) is 16.1. The molecule has 2 aromatic rings. The van der Waals surface area contributed by atoms with Gasteiger partial charge < -0.3 is 19.3 Å². The predicted molar refractivity (Wildman–Crippen MR) is 166 cm³/mol. The largest absolute Gasteiger partial charge is 0.492 e. The SMILES string of the molecule is CC(C)N1CCCC1c1cc(F)ccc1OCCN1CCOCC1.CC(C)N1CCCC1c1cc(F)ccc1OCCO. The fraction of sp³-hybridized carbons (Fsp3) is 0.647. The molecule has 2 atom stereocenters. The summed E-state index contributed by atoms with van der Waals surface area (Å²) in [4.78, 5) is 7.17. The molecule has 3 fully saturated rings. The van der Waals surface area contributed by atoms with E-state index in [0.717, 1.165) is 88.5 Å². The van der Waals surface area contributed by atoms with Crippen LogP contribution in [0.15, 0.2) is 36.4 Å². The van der Waals surface area contributed by atoms with Crippen LogP contribution in [0.4, 0.5) is 8.78 Å². The monoisotopic (exact) mass is 603 g/mol. The van der Waals surface area contributed by atoms with Gasteiger partial charge in [-0.15, -0.1) is 0 Å². The molecule has 1 N–H and O–H groups in total. The number of ether oxygens (including phenoxy) is 3. The molecule has 3 aliphatic heterocycles. The Morgan fingerprint density at radius 3 is 1.72 bits per heavy atom. The van der Waals surface area contributed by atoms with Gasteiger partial charge in [0.25, 0.3) is 0 Å². The molecular weight excluding hydrogens is 552 g/mol. The Labute approximate surface area is 256 Å². The van der Waals surface area contributed by atoms with Gasteiger partial charge in [-0.3, -0.25) is 14.7 Å². The number of aliphatic hydroxyl groups excluding tert-OH is 1. The van der Waals surface area contributed by atoms with Crippen molar-refractivity contribution < 1.29 is 28.1 Å². The quantitative estimate of drug-likeness (QED) is 0.347. The zero-order chi connectivity index (χ0) is 30.8. The lowest BCUT2D eigenvalue weighted by Gasteiger charge is -2.30. The van der Waals surface area contributed by atoms with Crippen LogP contribution in [0, 0.1) is 11.6 Å². The third-order valence-corrected chi connectivity index (χ3v) is 8.69. The van der Waals surface area contributed by atoms with Gasteiger partial charge in [0.05, 0.1) is 19.8 Å². The van der Waals surface area contributed by atoms with Gasteiger partial charge in [0.2, 0.25) is 0 Å². The van der Waals surface area contributed by atoms with Crippen LogP contribution in [0.1, 0.15) is 76.6 Å². The van der Waals surface area contributed by atoms with Crippen LogP contribution in [0.5, 0.6) is 11.5 Å². The second-order valence-electron chi connectivity index (χ2n) is 12.2. The van der Waals surface area contributed by atoms with Gasteiger partial charge >= 0.3 is 0 Å². The van der Waals surface area contributed by atoms with Gasteiger partial charge in [-0.05, 0) is 103 Å². The Balaban J connectivity index is 0.000000203. The molecule has 2 aromatic carbocycles. The van der Waals surface area contributed by atoms with Crippen molar-refractivity contribution in [3.63, 3.8) is 0 Å². The van der Waals surface area contributed by atoms with E-state index in [9.17, 15) is 8.78 Å². The first kappa shape index (κ1) is 33.6. The van der Waals surface area contributed by atoms with E-state index in [-0.39, 0.29) is 36.9 Å². The normalized spacial score (nSPS) is 21.8. The maximum atomic E-state index is 13.8. The number of halogens is 2. The highest BCUT2D eigenvalue weighted by Gasteiger charge is 2.31. The number of rotatable bonds is 11. The van der Waals surface area contributed by atoms with E-state index in [4.69, 9.17) is 19.3 Å². The summed E-state index contributed by atoms with van der Waals surface area (Å²) in [6.07, 6.45) is 4.38. The highest BCUT2D eigenvalue weighted by Crippen LogP contribution is 2.39. The van der Waals surface area contributed by atoms with Crippen molar-refractivity contribution in [3.8, 4) is 11.5 Å². The first-order valence-electron chi connectivity index (χ1n) is 16.1. The molecule has 5 rings (SSSR count). The Kier molecular flexibility index (Phi) is 13.0. The third-order valence-electron chi connectivity index (χ3n) is 8.69. The van der Waals surface area contributed by atoms with Gasteiger partial charge in [0, 0.05) is 54.9 Å². The molecule has 0 aromatic heterocycles. The van der Waals surface area contributed by atoms with E-state index < -0.39 is 0 Å². The smallest absolute Gasteiger partial charge is 0.124 e. The fourth-order valence-electron chi connectivity index (χ4n) is 6.57. The summed E-state index contributed by atoms with van der Waals surface area (Å²) in [5.41, 5.74) is 1.91. The summed E-state index contributed by atoms with van der Waals surface area (Å²) in [5.74, 6) is 1.11. The second kappa shape index (κ2) is 16.7. The molecular formula is C34H51F2N3O4. The average Bonchev–Trinajstić information content (AvgIpc) is 3.69. The lowest BCUT2D eigenvalue weighted by molar-refractivity contribution is 0.0321. The standard InChI is InChI=1S/C19H29FN2O2.C15H22FNO2/c1-15(2)22-7-3-4-18(22)17-14-16(20)5-6-19(17)24-13-10-21-8-11-23-12-9-21;1-11(2)17-7-3-4-14(17)13-10-12(16)5-6-15(13)19-9-8-18/h5-6,14-15,18H,3-4,7-13H2,1-2H3;5-6,10-11,14,18H,3-4,7-9H2,1-2H3. The summed E-state index contributed by atoms with van der Waals surface area (Å²) in [7, 11) is 0. The first-order chi connectivity index (χ1) is 20.8. The Morgan fingerprint density at radius 2 is 1.26 bits per heavy atom. The highest BCUT2D eigenvalue weighted by molar-refractivity contribution is 5.38. The lowest BCUT2D eigenvalue weighted by atomic mass is 10.0. The maximum Gasteiger partial charge on any atom is 0.124 e. The van der Waals surface area contributed by atoms with Crippen molar-refractivity contribution in [2.75, 3.05) is 65.8 Å². The second-order valence-corrected chi connectivity index (χ2v) is 12.2. The number of morpholine rings is 1. The molecule has 0 aliphatic carbocycles. The van der Waals surface area contributed by atoms with E-state index in [1.807, 2.05) is 0 Å². The topological polar surface area (TPSA) is 57.6 Å². The van der Waals surface area contributed by atoms with Crippen molar-refractivity contribution in [2.45, 2.75) is 77.5 Å². The Bertz CT molecular complexity index is 1130. The maximum absolute atomic E-state index is 13.8. The summed E-state index contributed by atoms with van der Waals surface area (Å²) >= 11 is 0. The Morgan fingerprint density at radius 1 is 0.767 bits per heavy atom. The van der Waals surface area contributed by atoms with Crippen LogP contribution in [-0.2, 0) is 4.74 Å². The number of likely N-dealkylation sites (tertiary alicyclic amines) is 2. The molecule has 2 unspecified atom stereocenters. The zero-order valence-electron chi connectivity index (χ0n) is 26.4. The van der Waals surface area contributed by atoms with Crippen molar-refractivity contribution in [1.82, 2.24) is 14.7 Å². The minimum Gasteiger partial charge on any atom is -0.492 e. The van der Waals surface area contributed by atoms with Crippen LogP contribution < -0.4 is 9.47 Å². The molecule has 0 spiro atoms. The summed E-state index contributed by atoms with van der Waals surface area (Å²) in [6, 6.07) is 11.0. The van der Waals surface area contributed by atoms with Crippen molar-refractivity contribution in [2.24, 2.45) is 0 Å². The minimum absolute atomic E-state index is 0.0324. The first-order valence-corrected chi connectivity index (χ1v) is 16.1. The zero-order valence-corrected chi connectivity index (χ0v) is 26.4. The van der Waals surface area contributed by atoms with E-state index >= 15 is 0 Å². The molecule has 3 heterocycles. The van der Waals surface area contributed by atoms with Gasteiger partial charge in [-0.25, -0.2) is 8.78 Å². The van der Waals surface area contributed by atoms with E-state index in [1.54, 1.807) is 24.3 Å². The van der Waals surface area contributed by atoms with E-state index in [1.165, 1.54) is 12.1 Å². The van der Waals surface area contributed by atoms with Crippen LogP contribution in [0.3, 0.4) is 0 Å². The average molecular weight is 604 g/mol. The van der Waals surface area contributed by atoms with Crippen LogP contribution >= 0.6 is 0 Å². The number of aliphatic hydroxyl groups is 1. The molecule has 7 nitrogen and oxygen atoms in total. The number of nitrogens with zero attached hydrogens (tertiary/aromatic N) is 3. The van der Waals surface area contributed by atoms with Crippen LogP contribution in [0.25, 0.3) is 0 Å². The number of benzene rings is 2. The van der Waals surface area contributed by atoms with E-state index in [0.29, 0.717) is 24.4 Å². The third kappa shape index (κ3) is 9.35. The summed E-state index contributed by atoms with van der Waals surface area (Å²) < 4.78 is 44.3. The molecule has 0 saturated carbocycles. The molecule has 0 radical (unpaired) electrons. The van der Waals surface area contributed by atoms with Crippen molar-refractivity contribution in [1.29, 1.82) is 0 Å². The van der Waals surface area contributed by atoms with Crippen molar-refractivity contribution >= 4 is 0 Å². The van der Waals surface area contributed by atoms with Crippen LogP contribution in [0.2, 0.25) is 0 Å². The highest BCUT2D eigenvalue weighted by atomic mass is 19.1. The van der Waals surface area contributed by atoms with Crippen LogP contribution in [-0.4, -0.2) is 97.6 Å². The minimum atomic E-state index is -0.234. The van der Waals surface area contributed by atoms with Gasteiger partial charge in [-0.1, -0.05) is 0 Å².